The molecule has 0 aromatic carbocycles. The molecule has 3 rings (SSSR count). The van der Waals surface area contributed by atoms with Crippen LogP contribution in [0.5, 0.6) is 0 Å². The average molecular weight is 505 g/mol. The van der Waals surface area contributed by atoms with Crippen LogP contribution in [0.4, 0.5) is 0 Å². The molecule has 1 unspecified atom stereocenters. The molecule has 202 valence electrons. The second-order valence-electron chi connectivity index (χ2n) is 12.1. The Bertz CT molecular complexity index is 947. The lowest BCUT2D eigenvalue weighted by atomic mass is 9.50. The standard InChI is InChI=1S/C29H44O7/c1-10-15(2)27(33)36-22-13-16(3)23-20(32)14-29(9)12-11-21(34-18(5)30)17(4)24(29)26(35-19(6)31)25(22)28(23,7)8/h15,20-22,24-26,32H,4,10-14H2,1-3,5-9H3/t15?,20-,21-,22-,24-,25-,26-,29-/m0/s1. The van der Waals surface area contributed by atoms with Crippen LogP contribution in [-0.4, -0.2) is 47.4 Å². The molecule has 2 bridgehead atoms. The summed E-state index contributed by atoms with van der Waals surface area (Å²) in [5.74, 6) is -2.15. The van der Waals surface area contributed by atoms with Crippen LogP contribution in [0, 0.1) is 28.6 Å². The van der Waals surface area contributed by atoms with Crippen molar-refractivity contribution in [2.75, 3.05) is 0 Å². The van der Waals surface area contributed by atoms with Crippen molar-refractivity contribution in [2.45, 2.75) is 112 Å². The Morgan fingerprint density at radius 2 is 1.72 bits per heavy atom. The summed E-state index contributed by atoms with van der Waals surface area (Å²) >= 11 is 0. The zero-order valence-electron chi connectivity index (χ0n) is 23.2. The molecule has 36 heavy (non-hydrogen) atoms. The van der Waals surface area contributed by atoms with Crippen molar-refractivity contribution >= 4 is 17.9 Å². The van der Waals surface area contributed by atoms with Crippen LogP contribution in [0.3, 0.4) is 0 Å². The minimum atomic E-state index is -0.697. The SMILES string of the molecule is C=C1[C@@H](OC(C)=O)CC[C@@]2(C)C[C@H](O)C3=C(C)C[C@H](OC(=O)C(C)CC)[C@@H]([C@@H](OC(C)=O)[C@H]12)C3(C)C. The van der Waals surface area contributed by atoms with Crippen LogP contribution in [0.25, 0.3) is 0 Å². The van der Waals surface area contributed by atoms with Gasteiger partial charge in [0.1, 0.15) is 18.3 Å². The molecule has 7 nitrogen and oxygen atoms in total. The van der Waals surface area contributed by atoms with Gasteiger partial charge in [-0.1, -0.05) is 46.8 Å². The third-order valence-corrected chi connectivity index (χ3v) is 9.00. The number of carbonyl (C=O) groups is 3. The largest absolute Gasteiger partial charge is 0.461 e. The van der Waals surface area contributed by atoms with E-state index in [2.05, 4.69) is 13.5 Å². The first kappa shape index (κ1) is 28.4. The number of ether oxygens (including phenoxy) is 3. The van der Waals surface area contributed by atoms with Gasteiger partial charge in [-0.25, -0.2) is 0 Å². The summed E-state index contributed by atoms with van der Waals surface area (Å²) in [5, 5.41) is 11.6. The Labute approximate surface area is 215 Å². The number of aliphatic hydroxyl groups excluding tert-OH is 1. The maximum Gasteiger partial charge on any atom is 0.308 e. The van der Waals surface area contributed by atoms with E-state index >= 15 is 0 Å². The molecule has 8 atom stereocenters. The quantitative estimate of drug-likeness (QED) is 0.323. The van der Waals surface area contributed by atoms with E-state index in [4.69, 9.17) is 14.2 Å². The smallest absolute Gasteiger partial charge is 0.308 e. The molecule has 0 aromatic rings. The second-order valence-corrected chi connectivity index (χ2v) is 12.1. The Morgan fingerprint density at radius 3 is 2.28 bits per heavy atom. The predicted octanol–water partition coefficient (Wildman–Crippen LogP) is 4.91. The molecular formula is C29H44O7. The van der Waals surface area contributed by atoms with E-state index in [1.807, 2.05) is 34.6 Å². The van der Waals surface area contributed by atoms with Gasteiger partial charge >= 0.3 is 17.9 Å². The molecule has 3 aliphatic carbocycles. The maximum atomic E-state index is 13.0. The maximum absolute atomic E-state index is 13.0. The lowest BCUT2D eigenvalue weighted by molar-refractivity contribution is -0.186. The molecule has 2 fully saturated rings. The second kappa shape index (κ2) is 10.3. The molecule has 0 amide bonds. The number of aliphatic hydroxyl groups is 1. The lowest BCUT2D eigenvalue weighted by Gasteiger charge is -2.58. The highest BCUT2D eigenvalue weighted by molar-refractivity contribution is 5.72. The van der Waals surface area contributed by atoms with Gasteiger partial charge in [-0.15, -0.1) is 0 Å². The number of hydrogen-bond donors (Lipinski definition) is 1. The molecule has 0 aromatic heterocycles. The van der Waals surface area contributed by atoms with Gasteiger partial charge in [-0.3, -0.25) is 14.4 Å². The fourth-order valence-corrected chi connectivity index (χ4v) is 7.32. The third kappa shape index (κ3) is 5.13. The highest BCUT2D eigenvalue weighted by Gasteiger charge is 2.60. The minimum Gasteiger partial charge on any atom is -0.461 e. The predicted molar refractivity (Wildman–Crippen MR) is 136 cm³/mol. The normalized spacial score (nSPS) is 36.6. The number of hydrogen-bond acceptors (Lipinski definition) is 7. The first-order valence-electron chi connectivity index (χ1n) is 13.3. The summed E-state index contributed by atoms with van der Waals surface area (Å²) in [4.78, 5) is 37.4. The van der Waals surface area contributed by atoms with Gasteiger partial charge in [0.25, 0.3) is 0 Å². The van der Waals surface area contributed by atoms with Gasteiger partial charge < -0.3 is 19.3 Å². The van der Waals surface area contributed by atoms with Crippen molar-refractivity contribution in [3.8, 4) is 0 Å². The van der Waals surface area contributed by atoms with E-state index in [9.17, 15) is 19.5 Å². The molecule has 7 heteroatoms. The third-order valence-electron chi connectivity index (χ3n) is 9.00. The van der Waals surface area contributed by atoms with Crippen LogP contribution in [0.1, 0.15) is 87.5 Å². The van der Waals surface area contributed by atoms with E-state index in [1.165, 1.54) is 13.8 Å². The van der Waals surface area contributed by atoms with Crippen molar-refractivity contribution in [1.82, 2.24) is 0 Å². The van der Waals surface area contributed by atoms with E-state index in [1.54, 1.807) is 0 Å². The molecule has 0 aliphatic heterocycles. The van der Waals surface area contributed by atoms with Gasteiger partial charge in [0.15, 0.2) is 0 Å². The zero-order valence-corrected chi connectivity index (χ0v) is 23.2. The van der Waals surface area contributed by atoms with E-state index in [0.717, 1.165) is 11.1 Å². The Hall–Kier alpha value is -2.15. The molecule has 2 saturated carbocycles. The summed E-state index contributed by atoms with van der Waals surface area (Å²) in [7, 11) is 0. The summed E-state index contributed by atoms with van der Waals surface area (Å²) in [6, 6.07) is 0. The van der Waals surface area contributed by atoms with Crippen LogP contribution in [-0.2, 0) is 28.6 Å². The molecule has 0 saturated heterocycles. The molecule has 0 heterocycles. The highest BCUT2D eigenvalue weighted by Crippen LogP contribution is 2.60. The van der Waals surface area contributed by atoms with Crippen molar-refractivity contribution in [3.05, 3.63) is 23.3 Å². The first-order chi connectivity index (χ1) is 16.6. The van der Waals surface area contributed by atoms with Crippen LogP contribution in [0.2, 0.25) is 0 Å². The number of fused-ring (bicyclic) bond motifs is 3. The fourth-order valence-electron chi connectivity index (χ4n) is 7.32. The summed E-state index contributed by atoms with van der Waals surface area (Å²) in [6.45, 7) is 19.1. The first-order valence-corrected chi connectivity index (χ1v) is 13.3. The van der Waals surface area contributed by atoms with Gasteiger partial charge in [0.2, 0.25) is 0 Å². The van der Waals surface area contributed by atoms with Crippen LogP contribution < -0.4 is 0 Å². The molecule has 1 N–H and O–H groups in total. The highest BCUT2D eigenvalue weighted by atomic mass is 16.6. The number of rotatable bonds is 5. The van der Waals surface area contributed by atoms with Gasteiger partial charge in [0.05, 0.1) is 12.0 Å². The van der Waals surface area contributed by atoms with Crippen LogP contribution in [0.15, 0.2) is 23.3 Å². The summed E-state index contributed by atoms with van der Waals surface area (Å²) in [5.41, 5.74) is 1.55. The Balaban J connectivity index is 2.21. The molecule has 0 radical (unpaired) electrons. The fraction of sp³-hybridized carbons (Fsp3) is 0.759. The van der Waals surface area contributed by atoms with Crippen molar-refractivity contribution in [2.24, 2.45) is 28.6 Å². The number of esters is 3. The van der Waals surface area contributed by atoms with Gasteiger partial charge in [-0.2, -0.15) is 0 Å². The Morgan fingerprint density at radius 1 is 1.11 bits per heavy atom. The molecular weight excluding hydrogens is 460 g/mol. The molecule has 3 aliphatic rings. The van der Waals surface area contributed by atoms with Gasteiger partial charge in [-0.05, 0) is 54.6 Å². The van der Waals surface area contributed by atoms with Crippen molar-refractivity contribution in [1.29, 1.82) is 0 Å². The zero-order chi connectivity index (χ0) is 27.2. The van der Waals surface area contributed by atoms with Crippen LogP contribution >= 0.6 is 0 Å². The van der Waals surface area contributed by atoms with Gasteiger partial charge in [0, 0.05) is 32.1 Å². The Kier molecular flexibility index (Phi) is 8.14. The number of carbonyl (C=O) groups excluding carboxylic acids is 3. The van der Waals surface area contributed by atoms with E-state index in [-0.39, 0.29) is 23.8 Å². The summed E-state index contributed by atoms with van der Waals surface area (Å²) < 4.78 is 17.9. The monoisotopic (exact) mass is 504 g/mol. The van der Waals surface area contributed by atoms with E-state index in [0.29, 0.717) is 37.7 Å². The summed E-state index contributed by atoms with van der Waals surface area (Å²) in [6.07, 6.45) is 0.448. The molecule has 0 spiro atoms. The lowest BCUT2D eigenvalue weighted by Crippen LogP contribution is -2.60. The topological polar surface area (TPSA) is 99.1 Å². The van der Waals surface area contributed by atoms with Crippen molar-refractivity contribution < 1.29 is 33.7 Å². The average Bonchev–Trinajstić information content (AvgIpc) is 2.72. The van der Waals surface area contributed by atoms with E-state index < -0.39 is 47.1 Å². The van der Waals surface area contributed by atoms with Crippen molar-refractivity contribution in [3.63, 3.8) is 0 Å². The minimum absolute atomic E-state index is 0.256.